The Balaban J connectivity index is 1.41. The van der Waals surface area contributed by atoms with Crippen LogP contribution < -0.4 is 20.1 Å². The van der Waals surface area contributed by atoms with Gasteiger partial charge in [0.15, 0.2) is 12.4 Å². The first kappa shape index (κ1) is 20.0. The highest BCUT2D eigenvalue weighted by atomic mass is 16.5. The second-order valence-electron chi connectivity index (χ2n) is 6.10. The zero-order valence-electron chi connectivity index (χ0n) is 16.0. The Morgan fingerprint density at radius 3 is 2.24 bits per heavy atom. The van der Waals surface area contributed by atoms with Crippen molar-refractivity contribution in [3.8, 4) is 11.5 Å². The Labute approximate surface area is 168 Å². The molecule has 0 radical (unpaired) electrons. The third kappa shape index (κ3) is 6.14. The van der Waals surface area contributed by atoms with Gasteiger partial charge in [-0.25, -0.2) is 0 Å². The smallest absolute Gasteiger partial charge is 0.291 e. The van der Waals surface area contributed by atoms with Gasteiger partial charge in [-0.3, -0.25) is 9.59 Å². The van der Waals surface area contributed by atoms with E-state index in [1.54, 1.807) is 48.5 Å². The molecule has 0 saturated heterocycles. The maximum absolute atomic E-state index is 12.0. The van der Waals surface area contributed by atoms with E-state index in [-0.39, 0.29) is 24.2 Å². The fourth-order valence-electron chi connectivity index (χ4n) is 2.51. The number of hydrogen-bond acceptors (Lipinski definition) is 5. The maximum Gasteiger partial charge on any atom is 0.291 e. The third-order valence-electron chi connectivity index (χ3n) is 3.95. The van der Waals surface area contributed by atoms with Crippen molar-refractivity contribution in [2.24, 2.45) is 0 Å². The molecule has 0 aliphatic heterocycles. The molecule has 1 aromatic heterocycles. The molecule has 2 N–H and O–H groups in total. The number of ether oxygens (including phenoxy) is 2. The second-order valence-corrected chi connectivity index (χ2v) is 6.10. The standard InChI is InChI=1S/C22H22N2O5/c1-2-27-18-9-11-19(12-10-18)29-15-21(25)23-14-16-5-7-17(8-6-16)24-22(26)20-4-3-13-28-20/h3-13H,2,14-15H2,1H3,(H,23,25)(H,24,26). The van der Waals surface area contributed by atoms with E-state index in [1.807, 2.05) is 19.1 Å². The van der Waals surface area contributed by atoms with Gasteiger partial charge in [-0.2, -0.15) is 0 Å². The van der Waals surface area contributed by atoms with E-state index in [4.69, 9.17) is 13.9 Å². The molecule has 3 aromatic rings. The Kier molecular flexibility index (Phi) is 6.89. The fourth-order valence-corrected chi connectivity index (χ4v) is 2.51. The average Bonchev–Trinajstić information content (AvgIpc) is 3.28. The molecule has 0 atom stereocenters. The van der Waals surface area contributed by atoms with E-state index < -0.39 is 0 Å². The maximum atomic E-state index is 12.0. The van der Waals surface area contributed by atoms with Crippen LogP contribution in [0.5, 0.6) is 11.5 Å². The zero-order chi connectivity index (χ0) is 20.5. The van der Waals surface area contributed by atoms with Crippen molar-refractivity contribution in [1.82, 2.24) is 5.32 Å². The number of carbonyl (C=O) groups excluding carboxylic acids is 2. The lowest BCUT2D eigenvalue weighted by atomic mass is 10.2. The molecule has 2 amide bonds. The first-order chi connectivity index (χ1) is 14.1. The number of benzene rings is 2. The topological polar surface area (TPSA) is 89.8 Å². The number of anilines is 1. The van der Waals surface area contributed by atoms with Gasteiger partial charge in [-0.1, -0.05) is 12.1 Å². The highest BCUT2D eigenvalue weighted by Crippen LogP contribution is 2.17. The lowest BCUT2D eigenvalue weighted by Gasteiger charge is -2.09. The molecular weight excluding hydrogens is 372 g/mol. The lowest BCUT2D eigenvalue weighted by Crippen LogP contribution is -2.28. The summed E-state index contributed by atoms with van der Waals surface area (Å²) in [5.74, 6) is 1.05. The van der Waals surface area contributed by atoms with E-state index in [9.17, 15) is 9.59 Å². The van der Waals surface area contributed by atoms with E-state index in [2.05, 4.69) is 10.6 Å². The molecule has 7 nitrogen and oxygen atoms in total. The Hall–Kier alpha value is -3.74. The molecule has 0 bridgehead atoms. The highest BCUT2D eigenvalue weighted by molar-refractivity contribution is 6.02. The summed E-state index contributed by atoms with van der Waals surface area (Å²) >= 11 is 0. The molecule has 0 aliphatic rings. The predicted molar refractivity (Wildman–Crippen MR) is 108 cm³/mol. The summed E-state index contributed by atoms with van der Waals surface area (Å²) in [4.78, 5) is 23.9. The molecule has 2 aromatic carbocycles. The highest BCUT2D eigenvalue weighted by Gasteiger charge is 2.08. The number of nitrogens with one attached hydrogen (secondary N) is 2. The lowest BCUT2D eigenvalue weighted by molar-refractivity contribution is -0.123. The number of hydrogen-bond donors (Lipinski definition) is 2. The molecule has 0 spiro atoms. The Bertz CT molecular complexity index is 919. The van der Waals surface area contributed by atoms with Crippen LogP contribution in [0.2, 0.25) is 0 Å². The third-order valence-corrected chi connectivity index (χ3v) is 3.95. The average molecular weight is 394 g/mol. The molecule has 150 valence electrons. The van der Waals surface area contributed by atoms with Crippen molar-refractivity contribution in [1.29, 1.82) is 0 Å². The van der Waals surface area contributed by atoms with Gasteiger partial charge in [0.05, 0.1) is 12.9 Å². The van der Waals surface area contributed by atoms with Gasteiger partial charge in [0.2, 0.25) is 0 Å². The fraction of sp³-hybridized carbons (Fsp3) is 0.182. The predicted octanol–water partition coefficient (Wildman–Crippen LogP) is 3.63. The van der Waals surface area contributed by atoms with Gasteiger partial charge in [-0.05, 0) is 61.0 Å². The number of carbonyl (C=O) groups is 2. The van der Waals surface area contributed by atoms with Gasteiger partial charge in [0.25, 0.3) is 11.8 Å². The Morgan fingerprint density at radius 2 is 1.62 bits per heavy atom. The van der Waals surface area contributed by atoms with Crippen molar-refractivity contribution in [2.45, 2.75) is 13.5 Å². The monoisotopic (exact) mass is 394 g/mol. The van der Waals surface area contributed by atoms with Gasteiger partial charge in [-0.15, -0.1) is 0 Å². The second kappa shape index (κ2) is 9.98. The minimum absolute atomic E-state index is 0.0781. The summed E-state index contributed by atoms with van der Waals surface area (Å²) in [5.41, 5.74) is 1.54. The van der Waals surface area contributed by atoms with E-state index in [1.165, 1.54) is 6.26 Å². The van der Waals surface area contributed by atoms with Crippen molar-refractivity contribution in [3.63, 3.8) is 0 Å². The molecule has 0 aliphatic carbocycles. The first-order valence-electron chi connectivity index (χ1n) is 9.20. The van der Waals surface area contributed by atoms with Crippen LogP contribution in [0.1, 0.15) is 23.0 Å². The van der Waals surface area contributed by atoms with Crippen LogP contribution in [-0.4, -0.2) is 25.0 Å². The summed E-state index contributed by atoms with van der Waals surface area (Å²) < 4.78 is 15.9. The van der Waals surface area contributed by atoms with E-state index >= 15 is 0 Å². The van der Waals surface area contributed by atoms with Gasteiger partial charge < -0.3 is 24.5 Å². The Morgan fingerprint density at radius 1 is 0.931 bits per heavy atom. The van der Waals surface area contributed by atoms with E-state index in [0.717, 1.165) is 11.3 Å². The number of furan rings is 1. The van der Waals surface area contributed by atoms with Gasteiger partial charge in [0.1, 0.15) is 11.5 Å². The molecule has 0 fully saturated rings. The van der Waals surface area contributed by atoms with Gasteiger partial charge >= 0.3 is 0 Å². The van der Waals surface area contributed by atoms with E-state index in [0.29, 0.717) is 24.6 Å². The summed E-state index contributed by atoms with van der Waals surface area (Å²) in [5, 5.41) is 5.53. The molecular formula is C22H22N2O5. The molecule has 3 rings (SSSR count). The largest absolute Gasteiger partial charge is 0.494 e. The quantitative estimate of drug-likeness (QED) is 0.579. The van der Waals surface area contributed by atoms with Crippen LogP contribution in [0.15, 0.2) is 71.3 Å². The van der Waals surface area contributed by atoms with Crippen LogP contribution in [0.25, 0.3) is 0 Å². The molecule has 0 unspecified atom stereocenters. The van der Waals surface area contributed by atoms with Gasteiger partial charge in [0, 0.05) is 12.2 Å². The number of rotatable bonds is 9. The van der Waals surface area contributed by atoms with Crippen molar-refractivity contribution in [3.05, 3.63) is 78.3 Å². The summed E-state index contributed by atoms with van der Waals surface area (Å²) in [6, 6.07) is 17.5. The van der Waals surface area contributed by atoms with Crippen LogP contribution in [-0.2, 0) is 11.3 Å². The zero-order valence-corrected chi connectivity index (χ0v) is 16.0. The first-order valence-corrected chi connectivity index (χ1v) is 9.20. The van der Waals surface area contributed by atoms with Crippen LogP contribution >= 0.6 is 0 Å². The minimum atomic E-state index is -0.317. The summed E-state index contributed by atoms with van der Waals surface area (Å²) in [7, 11) is 0. The van der Waals surface area contributed by atoms with Crippen LogP contribution in [0.3, 0.4) is 0 Å². The van der Waals surface area contributed by atoms with Crippen molar-refractivity contribution >= 4 is 17.5 Å². The minimum Gasteiger partial charge on any atom is -0.494 e. The van der Waals surface area contributed by atoms with Crippen LogP contribution in [0.4, 0.5) is 5.69 Å². The van der Waals surface area contributed by atoms with Crippen molar-refractivity contribution < 1.29 is 23.5 Å². The molecule has 29 heavy (non-hydrogen) atoms. The molecule has 7 heteroatoms. The summed E-state index contributed by atoms with van der Waals surface area (Å²) in [6.07, 6.45) is 1.44. The summed E-state index contributed by atoms with van der Waals surface area (Å²) in [6.45, 7) is 2.79. The van der Waals surface area contributed by atoms with Crippen LogP contribution in [0, 0.1) is 0 Å². The number of amides is 2. The van der Waals surface area contributed by atoms with Crippen molar-refractivity contribution in [2.75, 3.05) is 18.5 Å². The molecule has 0 saturated carbocycles. The normalized spacial score (nSPS) is 10.2. The molecule has 1 heterocycles. The SMILES string of the molecule is CCOc1ccc(OCC(=O)NCc2ccc(NC(=O)c3ccco3)cc2)cc1.